The highest BCUT2D eigenvalue weighted by Gasteiger charge is 2.25. The molecule has 0 bridgehead atoms. The second-order valence-corrected chi connectivity index (χ2v) is 12.3. The molecule has 0 spiro atoms. The van der Waals surface area contributed by atoms with Crippen molar-refractivity contribution in [3.63, 3.8) is 0 Å². The lowest BCUT2D eigenvalue weighted by Crippen LogP contribution is -2.18. The molecule has 0 aromatic heterocycles. The molecule has 2 aromatic carbocycles. The van der Waals surface area contributed by atoms with Crippen molar-refractivity contribution in [3.05, 3.63) is 59.2 Å². The summed E-state index contributed by atoms with van der Waals surface area (Å²) in [5.41, 5.74) is 17.7. The van der Waals surface area contributed by atoms with Crippen LogP contribution in [0.4, 0.5) is 11.4 Å². The predicted molar refractivity (Wildman–Crippen MR) is 157 cm³/mol. The second kappa shape index (κ2) is 14.1. The van der Waals surface area contributed by atoms with Crippen LogP contribution in [0.5, 0.6) is 0 Å². The Bertz CT molecular complexity index is 886. The van der Waals surface area contributed by atoms with E-state index in [1.54, 1.807) is 0 Å². The molecular weight excluding hydrogens is 436 g/mol. The SMILES string of the molecule is CCCCCCCC1CCC(CCC2CCC(c3ccc(Cc4cc(N)ccc4N)cc3)CC2)CC1. The van der Waals surface area contributed by atoms with Gasteiger partial charge in [0.1, 0.15) is 0 Å². The van der Waals surface area contributed by atoms with Gasteiger partial charge in [0.05, 0.1) is 0 Å². The third-order valence-electron chi connectivity index (χ3n) is 9.52. The van der Waals surface area contributed by atoms with Gasteiger partial charge in [-0.3, -0.25) is 0 Å². The molecule has 0 saturated heterocycles. The minimum absolute atomic E-state index is 0.750. The predicted octanol–water partition coefficient (Wildman–Crippen LogP) is 9.66. The van der Waals surface area contributed by atoms with Crippen molar-refractivity contribution in [3.8, 4) is 0 Å². The van der Waals surface area contributed by atoms with Crippen molar-refractivity contribution in [2.75, 3.05) is 11.5 Å². The maximum atomic E-state index is 6.15. The van der Waals surface area contributed by atoms with Crippen LogP contribution in [0.2, 0.25) is 0 Å². The first-order valence-electron chi connectivity index (χ1n) is 15.3. The highest BCUT2D eigenvalue weighted by molar-refractivity contribution is 5.56. The fourth-order valence-electron chi connectivity index (χ4n) is 7.01. The fourth-order valence-corrected chi connectivity index (χ4v) is 7.01. The summed E-state index contributed by atoms with van der Waals surface area (Å²) in [7, 11) is 0. The molecule has 0 radical (unpaired) electrons. The number of nitrogen functional groups attached to an aromatic ring is 2. The number of unbranched alkanes of at least 4 members (excludes halogenated alkanes) is 4. The summed E-state index contributed by atoms with van der Waals surface area (Å²) in [6.45, 7) is 2.31. The average Bonchev–Trinajstić information content (AvgIpc) is 2.91. The molecule has 0 unspecified atom stereocenters. The van der Waals surface area contributed by atoms with Gasteiger partial charge in [0.25, 0.3) is 0 Å². The Morgan fingerprint density at radius 2 is 1.22 bits per heavy atom. The first kappa shape index (κ1) is 27.1. The maximum absolute atomic E-state index is 6.15. The van der Waals surface area contributed by atoms with Crippen LogP contribution >= 0.6 is 0 Å². The van der Waals surface area contributed by atoms with Gasteiger partial charge in [-0.15, -0.1) is 0 Å². The van der Waals surface area contributed by atoms with Gasteiger partial charge >= 0.3 is 0 Å². The molecule has 0 amide bonds. The van der Waals surface area contributed by atoms with Crippen LogP contribution < -0.4 is 11.5 Å². The van der Waals surface area contributed by atoms with Crippen LogP contribution in [0, 0.1) is 17.8 Å². The zero-order valence-corrected chi connectivity index (χ0v) is 23.0. The Labute approximate surface area is 221 Å². The first-order chi connectivity index (χ1) is 17.6. The zero-order valence-electron chi connectivity index (χ0n) is 23.0. The smallest absolute Gasteiger partial charge is 0.0351 e. The third kappa shape index (κ3) is 8.29. The standard InChI is InChI=1S/C34H52N2/c1-2-3-4-5-6-7-26-8-10-27(11-9-26)12-13-28-14-18-30(19-15-28)31-20-16-29(17-21-31)24-32-25-33(35)22-23-34(32)36/h16-17,20-23,25-28,30H,2-15,18-19,24,35-36H2,1H3. The summed E-state index contributed by atoms with van der Waals surface area (Å²) in [5, 5.41) is 0. The van der Waals surface area contributed by atoms with Crippen molar-refractivity contribution >= 4 is 11.4 Å². The van der Waals surface area contributed by atoms with Gasteiger partial charge in [-0.1, -0.05) is 108 Å². The van der Waals surface area contributed by atoms with Crippen molar-refractivity contribution in [1.82, 2.24) is 0 Å². The van der Waals surface area contributed by atoms with Gasteiger partial charge in [0.15, 0.2) is 0 Å². The third-order valence-corrected chi connectivity index (χ3v) is 9.52. The van der Waals surface area contributed by atoms with Gasteiger partial charge < -0.3 is 11.5 Å². The molecule has 2 nitrogen and oxygen atoms in total. The zero-order chi connectivity index (χ0) is 25.2. The number of hydrogen-bond acceptors (Lipinski definition) is 2. The monoisotopic (exact) mass is 488 g/mol. The van der Waals surface area contributed by atoms with Crippen LogP contribution in [-0.4, -0.2) is 0 Å². The molecule has 0 aliphatic heterocycles. The molecular formula is C34H52N2. The summed E-state index contributed by atoms with van der Waals surface area (Å²) in [6, 6.07) is 15.1. The quantitative estimate of drug-likeness (QED) is 0.231. The lowest BCUT2D eigenvalue weighted by Gasteiger charge is -2.32. The Balaban J connectivity index is 1.12. The highest BCUT2D eigenvalue weighted by Crippen LogP contribution is 2.40. The summed E-state index contributed by atoms with van der Waals surface area (Å²) in [6.07, 6.45) is 24.2. The van der Waals surface area contributed by atoms with Crippen LogP contribution in [0.15, 0.2) is 42.5 Å². The molecule has 2 fully saturated rings. The highest BCUT2D eigenvalue weighted by atomic mass is 14.6. The Morgan fingerprint density at radius 3 is 1.86 bits per heavy atom. The molecule has 2 aliphatic carbocycles. The average molecular weight is 489 g/mol. The number of anilines is 2. The summed E-state index contributed by atoms with van der Waals surface area (Å²) >= 11 is 0. The lowest BCUT2D eigenvalue weighted by atomic mass is 9.74. The Hall–Kier alpha value is -1.96. The molecule has 4 rings (SSSR count). The Morgan fingerprint density at radius 1 is 0.639 bits per heavy atom. The molecule has 2 saturated carbocycles. The van der Waals surface area contributed by atoms with Crippen molar-refractivity contribution in [2.24, 2.45) is 17.8 Å². The largest absolute Gasteiger partial charge is 0.399 e. The van der Waals surface area contributed by atoms with E-state index in [2.05, 4.69) is 31.2 Å². The van der Waals surface area contributed by atoms with Crippen LogP contribution in [0.25, 0.3) is 0 Å². The minimum Gasteiger partial charge on any atom is -0.399 e. The normalized spacial score (nSPS) is 24.6. The Kier molecular flexibility index (Phi) is 10.6. The van der Waals surface area contributed by atoms with E-state index in [0.717, 1.165) is 47.0 Å². The molecule has 2 aromatic rings. The van der Waals surface area contributed by atoms with E-state index in [0.29, 0.717) is 0 Å². The summed E-state index contributed by atoms with van der Waals surface area (Å²) in [5.74, 6) is 3.80. The van der Waals surface area contributed by atoms with E-state index >= 15 is 0 Å². The van der Waals surface area contributed by atoms with E-state index in [1.807, 2.05) is 18.2 Å². The summed E-state index contributed by atoms with van der Waals surface area (Å²) in [4.78, 5) is 0. The van der Waals surface area contributed by atoms with Crippen LogP contribution in [0.3, 0.4) is 0 Å². The second-order valence-electron chi connectivity index (χ2n) is 12.3. The fraction of sp³-hybridized carbons (Fsp3) is 0.647. The molecule has 0 atom stereocenters. The van der Waals surface area contributed by atoms with Gasteiger partial charge in [0.2, 0.25) is 0 Å². The number of rotatable bonds is 12. The molecule has 0 heterocycles. The minimum atomic E-state index is 0.750. The van der Waals surface area contributed by atoms with Gasteiger partial charge in [-0.2, -0.15) is 0 Å². The first-order valence-corrected chi connectivity index (χ1v) is 15.3. The van der Waals surface area contributed by atoms with Crippen molar-refractivity contribution in [1.29, 1.82) is 0 Å². The molecule has 2 heteroatoms. The van der Waals surface area contributed by atoms with Gasteiger partial charge in [-0.05, 0) is 90.7 Å². The van der Waals surface area contributed by atoms with Crippen LogP contribution in [0.1, 0.15) is 132 Å². The molecule has 4 N–H and O–H groups in total. The van der Waals surface area contributed by atoms with Crippen LogP contribution in [-0.2, 0) is 6.42 Å². The number of benzene rings is 2. The van der Waals surface area contributed by atoms with Crippen molar-refractivity contribution in [2.45, 2.75) is 122 Å². The number of hydrogen-bond donors (Lipinski definition) is 2. The topological polar surface area (TPSA) is 52.0 Å². The maximum Gasteiger partial charge on any atom is 0.0351 e. The molecule has 36 heavy (non-hydrogen) atoms. The molecule has 2 aliphatic rings. The van der Waals surface area contributed by atoms with E-state index < -0.39 is 0 Å². The van der Waals surface area contributed by atoms with Crippen molar-refractivity contribution < 1.29 is 0 Å². The summed E-state index contributed by atoms with van der Waals surface area (Å²) < 4.78 is 0. The van der Waals surface area contributed by atoms with Gasteiger partial charge in [-0.25, -0.2) is 0 Å². The number of nitrogens with two attached hydrogens (primary N) is 2. The van der Waals surface area contributed by atoms with E-state index in [-0.39, 0.29) is 0 Å². The van der Waals surface area contributed by atoms with E-state index in [1.165, 1.54) is 114 Å². The van der Waals surface area contributed by atoms with E-state index in [4.69, 9.17) is 11.5 Å². The molecule has 198 valence electrons. The van der Waals surface area contributed by atoms with Gasteiger partial charge in [0, 0.05) is 11.4 Å². The van der Waals surface area contributed by atoms with E-state index in [9.17, 15) is 0 Å². The lowest BCUT2D eigenvalue weighted by molar-refractivity contribution is 0.222.